The van der Waals surface area contributed by atoms with E-state index in [0.717, 1.165) is 49.8 Å². The summed E-state index contributed by atoms with van der Waals surface area (Å²) in [6.07, 6.45) is 6.86. The Kier molecular flexibility index (Phi) is 11.8. The lowest BCUT2D eigenvalue weighted by Gasteiger charge is -2.28. The number of aryl methyl sites for hydroxylation is 1. The van der Waals surface area contributed by atoms with Crippen molar-refractivity contribution in [2.45, 2.75) is 83.5 Å². The Morgan fingerprint density at radius 2 is 1.79 bits per heavy atom. The number of nitrogens with zero attached hydrogens (tertiary/aromatic N) is 1. The zero-order chi connectivity index (χ0) is 33.3. The fourth-order valence-electron chi connectivity index (χ4n) is 6.34. The van der Waals surface area contributed by atoms with Crippen molar-refractivity contribution in [3.8, 4) is 23.1 Å². The van der Waals surface area contributed by atoms with E-state index in [1.54, 1.807) is 19.2 Å². The number of halogens is 1. The number of nitrogens with two attached hydrogens (primary N) is 1. The molecule has 0 saturated heterocycles. The first-order valence-electron chi connectivity index (χ1n) is 16.5. The minimum Gasteiger partial charge on any atom is -0.496 e. The Bertz CT molecular complexity index is 1670. The summed E-state index contributed by atoms with van der Waals surface area (Å²) in [7, 11) is 1.58. The van der Waals surface area contributed by atoms with E-state index in [4.69, 9.17) is 26.5 Å². The van der Waals surface area contributed by atoms with Crippen LogP contribution in [0.1, 0.15) is 89.9 Å². The fraction of sp³-hybridized carbons (Fsp3) is 0.385. The van der Waals surface area contributed by atoms with E-state index in [2.05, 4.69) is 54.8 Å². The van der Waals surface area contributed by atoms with Crippen LogP contribution >= 0.6 is 11.6 Å². The second-order valence-electron chi connectivity index (χ2n) is 12.9. The molecule has 7 nitrogen and oxygen atoms in total. The van der Waals surface area contributed by atoms with Crippen LogP contribution in [0, 0.1) is 24.2 Å². The molecule has 1 aliphatic rings. The average molecular weight is 653 g/mol. The van der Waals surface area contributed by atoms with Crippen LogP contribution in [0.25, 0.3) is 11.3 Å². The molecule has 1 saturated carbocycles. The maximum absolute atomic E-state index is 13.8. The molecule has 8 heteroatoms. The molecule has 246 valence electrons. The number of benzene rings is 3. The molecule has 1 aromatic heterocycles. The molecule has 1 fully saturated rings. The quantitative estimate of drug-likeness (QED) is 0.134. The molecule has 0 unspecified atom stereocenters. The van der Waals surface area contributed by atoms with Crippen LogP contribution < -0.4 is 21.1 Å². The van der Waals surface area contributed by atoms with Crippen LogP contribution in [0.15, 0.2) is 77.2 Å². The van der Waals surface area contributed by atoms with Crippen molar-refractivity contribution in [1.82, 2.24) is 10.6 Å². The van der Waals surface area contributed by atoms with Gasteiger partial charge >= 0.3 is 0 Å². The van der Waals surface area contributed by atoms with E-state index >= 15 is 0 Å². The molecule has 4 aromatic rings. The van der Waals surface area contributed by atoms with Gasteiger partial charge in [-0.25, -0.2) is 0 Å². The smallest absolute Gasteiger partial charge is 0.253 e. The molecule has 1 heterocycles. The first kappa shape index (κ1) is 34.3. The highest BCUT2D eigenvalue weighted by Crippen LogP contribution is 2.36. The van der Waals surface area contributed by atoms with Gasteiger partial charge < -0.3 is 25.5 Å². The highest BCUT2D eigenvalue weighted by molar-refractivity contribution is 6.34. The number of nitrogens with one attached hydrogen (secondary N) is 2. The lowest BCUT2D eigenvalue weighted by atomic mass is 9.82. The topological polar surface area (TPSA) is 113 Å². The van der Waals surface area contributed by atoms with Gasteiger partial charge in [0.2, 0.25) is 0 Å². The Morgan fingerprint density at radius 1 is 1.06 bits per heavy atom. The molecule has 0 bridgehead atoms. The molecule has 0 spiro atoms. The normalized spacial score (nSPS) is 17.4. The maximum Gasteiger partial charge on any atom is 0.253 e. The van der Waals surface area contributed by atoms with Gasteiger partial charge in [0.25, 0.3) is 5.91 Å². The second kappa shape index (κ2) is 16.1. The number of rotatable bonds is 13. The first-order chi connectivity index (χ1) is 22.7. The molecule has 4 N–H and O–H groups in total. The minimum atomic E-state index is -0.247. The SMILES string of the molecule is COc1cc(Cl)c(C(=O)N[C@@H](CCC2CCC(N)CC2)Cc2ccc(C#N)cc2)cc1-c1ccc(CN[C@H](C)c2ccc(C)cc2)o1. The van der Waals surface area contributed by atoms with Gasteiger partial charge in [0.1, 0.15) is 17.3 Å². The lowest BCUT2D eigenvalue weighted by Crippen LogP contribution is -2.37. The van der Waals surface area contributed by atoms with Crippen LogP contribution in [0.2, 0.25) is 5.02 Å². The number of hydrogen-bond acceptors (Lipinski definition) is 6. The molecule has 0 aliphatic heterocycles. The average Bonchev–Trinajstić information content (AvgIpc) is 3.56. The number of furan rings is 1. The van der Waals surface area contributed by atoms with Gasteiger partial charge in [-0.3, -0.25) is 4.79 Å². The van der Waals surface area contributed by atoms with Crippen molar-refractivity contribution in [3.05, 3.63) is 111 Å². The van der Waals surface area contributed by atoms with Gasteiger partial charge in [-0.1, -0.05) is 53.6 Å². The number of carbonyl (C=O) groups is 1. The van der Waals surface area contributed by atoms with Crippen LogP contribution in [-0.4, -0.2) is 25.1 Å². The zero-order valence-electron chi connectivity index (χ0n) is 27.5. The van der Waals surface area contributed by atoms with Crippen LogP contribution in [-0.2, 0) is 13.0 Å². The molecule has 0 radical (unpaired) electrons. The summed E-state index contributed by atoms with van der Waals surface area (Å²) in [6, 6.07) is 25.8. The van der Waals surface area contributed by atoms with Crippen molar-refractivity contribution < 1.29 is 13.9 Å². The Balaban J connectivity index is 1.31. The van der Waals surface area contributed by atoms with Crippen molar-refractivity contribution in [2.24, 2.45) is 11.7 Å². The summed E-state index contributed by atoms with van der Waals surface area (Å²) < 4.78 is 11.9. The Morgan fingerprint density at radius 3 is 2.47 bits per heavy atom. The summed E-state index contributed by atoms with van der Waals surface area (Å²) in [5, 5.41) is 16.3. The standard InChI is InChI=1S/C39H45ClN4O3/c1-25-4-13-30(14-5-25)26(2)43-24-33-18-19-37(47-33)35-21-34(36(40)22-38(35)46-3)39(45)44-32(17-12-27-10-15-31(42)16-11-27)20-28-6-8-29(23-41)9-7-28/h4-9,13-14,18-19,21-22,26-27,31-32,43H,10-12,15-17,20,24,42H2,1-3H3,(H,44,45)/t26-,27?,31?,32+/m1/s1. The molecule has 5 rings (SSSR count). The van der Waals surface area contributed by atoms with Crippen LogP contribution in [0.5, 0.6) is 5.75 Å². The number of ether oxygens (including phenoxy) is 1. The number of methoxy groups -OCH3 is 1. The Labute approximate surface area is 283 Å². The third-order valence-corrected chi connectivity index (χ3v) is 9.65. The predicted octanol–water partition coefficient (Wildman–Crippen LogP) is 8.28. The third kappa shape index (κ3) is 9.26. The van der Waals surface area contributed by atoms with E-state index in [-0.39, 0.29) is 18.0 Å². The van der Waals surface area contributed by atoms with Crippen LogP contribution in [0.4, 0.5) is 0 Å². The molecule has 1 aliphatic carbocycles. The van der Waals surface area contributed by atoms with Gasteiger partial charge in [-0.15, -0.1) is 0 Å². The zero-order valence-corrected chi connectivity index (χ0v) is 28.3. The molecule has 3 aromatic carbocycles. The number of hydrogen-bond donors (Lipinski definition) is 3. The lowest BCUT2D eigenvalue weighted by molar-refractivity contribution is 0.0932. The van der Waals surface area contributed by atoms with Crippen molar-refractivity contribution in [3.63, 3.8) is 0 Å². The fourth-order valence-corrected chi connectivity index (χ4v) is 6.58. The summed E-state index contributed by atoms with van der Waals surface area (Å²) in [4.78, 5) is 13.8. The number of carbonyl (C=O) groups excluding carboxylic acids is 1. The molecule has 47 heavy (non-hydrogen) atoms. The van der Waals surface area contributed by atoms with Crippen molar-refractivity contribution >= 4 is 17.5 Å². The summed E-state index contributed by atoms with van der Waals surface area (Å²) in [6.45, 7) is 4.75. The minimum absolute atomic E-state index is 0.107. The van der Waals surface area contributed by atoms with Crippen molar-refractivity contribution in [1.29, 1.82) is 5.26 Å². The molecular weight excluding hydrogens is 608 g/mol. The van der Waals surface area contributed by atoms with E-state index in [9.17, 15) is 10.1 Å². The second-order valence-corrected chi connectivity index (χ2v) is 13.3. The van der Waals surface area contributed by atoms with E-state index < -0.39 is 0 Å². The van der Waals surface area contributed by atoms with E-state index in [0.29, 0.717) is 58.1 Å². The molecular formula is C39H45ClN4O3. The first-order valence-corrected chi connectivity index (χ1v) is 16.9. The number of amides is 1. The van der Waals surface area contributed by atoms with Gasteiger partial charge in [-0.05, 0) is 106 Å². The molecule has 1 amide bonds. The monoisotopic (exact) mass is 652 g/mol. The number of nitriles is 1. The van der Waals surface area contributed by atoms with E-state index in [1.807, 2.05) is 36.4 Å². The largest absolute Gasteiger partial charge is 0.496 e. The Hall–Kier alpha value is -4.09. The predicted molar refractivity (Wildman–Crippen MR) is 187 cm³/mol. The summed E-state index contributed by atoms with van der Waals surface area (Å²) in [5.41, 5.74) is 11.3. The third-order valence-electron chi connectivity index (χ3n) is 9.34. The van der Waals surface area contributed by atoms with Gasteiger partial charge in [0.15, 0.2) is 0 Å². The summed E-state index contributed by atoms with van der Waals surface area (Å²) in [5.74, 6) is 2.25. The van der Waals surface area contributed by atoms with Crippen molar-refractivity contribution in [2.75, 3.05) is 7.11 Å². The molecule has 2 atom stereocenters. The van der Waals surface area contributed by atoms with Gasteiger partial charge in [0.05, 0.1) is 41.4 Å². The highest BCUT2D eigenvalue weighted by Gasteiger charge is 2.24. The van der Waals surface area contributed by atoms with Crippen LogP contribution in [0.3, 0.4) is 0 Å². The summed E-state index contributed by atoms with van der Waals surface area (Å²) >= 11 is 6.69. The maximum atomic E-state index is 13.8. The van der Waals surface area contributed by atoms with E-state index in [1.165, 1.54) is 11.1 Å². The van der Waals surface area contributed by atoms with Gasteiger partial charge in [0, 0.05) is 24.2 Å². The highest BCUT2D eigenvalue weighted by atomic mass is 35.5. The van der Waals surface area contributed by atoms with Gasteiger partial charge in [-0.2, -0.15) is 5.26 Å².